The molecule has 0 bridgehead atoms. The Labute approximate surface area is 167 Å². The van der Waals surface area contributed by atoms with Gasteiger partial charge in [-0.2, -0.15) is 18.3 Å². The summed E-state index contributed by atoms with van der Waals surface area (Å²) < 4.78 is 45.9. The van der Waals surface area contributed by atoms with Gasteiger partial charge in [-0.15, -0.1) is 0 Å². The minimum Gasteiger partial charge on any atom is -0.491 e. The SMILES string of the molecule is Cc1cc(OC(C)C)ccc1C(=O)C(C)(C)NC(=O)c1cn(C)nc1C(F)(F)F. The number of carbonyl (C=O) groups excluding carboxylic acids is 2. The van der Waals surface area contributed by atoms with Crippen LogP contribution in [0.15, 0.2) is 24.4 Å². The first-order valence-electron chi connectivity index (χ1n) is 8.98. The third kappa shape index (κ3) is 5.16. The van der Waals surface area contributed by atoms with Crippen LogP contribution in [0.3, 0.4) is 0 Å². The van der Waals surface area contributed by atoms with E-state index in [2.05, 4.69) is 10.4 Å². The van der Waals surface area contributed by atoms with E-state index in [9.17, 15) is 22.8 Å². The molecule has 2 rings (SSSR count). The van der Waals surface area contributed by atoms with E-state index in [1.165, 1.54) is 20.9 Å². The van der Waals surface area contributed by atoms with Gasteiger partial charge in [-0.1, -0.05) is 0 Å². The van der Waals surface area contributed by atoms with Crippen molar-refractivity contribution < 1.29 is 27.5 Å². The Kier molecular flexibility index (Phi) is 6.10. The second-order valence-electron chi connectivity index (χ2n) is 7.61. The number of benzene rings is 1. The molecule has 0 aliphatic carbocycles. The summed E-state index contributed by atoms with van der Waals surface area (Å²) >= 11 is 0. The molecule has 0 radical (unpaired) electrons. The maximum Gasteiger partial charge on any atom is 0.435 e. The summed E-state index contributed by atoms with van der Waals surface area (Å²) in [6.07, 6.45) is -3.85. The number of hydrogen-bond donors (Lipinski definition) is 1. The van der Waals surface area contributed by atoms with E-state index in [-0.39, 0.29) is 6.10 Å². The maximum absolute atomic E-state index is 13.1. The molecule has 0 spiro atoms. The van der Waals surface area contributed by atoms with E-state index < -0.39 is 34.7 Å². The lowest BCUT2D eigenvalue weighted by molar-refractivity contribution is -0.141. The molecule has 0 atom stereocenters. The van der Waals surface area contributed by atoms with Crippen molar-refractivity contribution >= 4 is 11.7 Å². The van der Waals surface area contributed by atoms with E-state index in [0.717, 1.165) is 10.9 Å². The number of nitrogens with one attached hydrogen (secondary N) is 1. The molecule has 1 aromatic carbocycles. The van der Waals surface area contributed by atoms with Crippen LogP contribution in [0.4, 0.5) is 13.2 Å². The highest BCUT2D eigenvalue weighted by atomic mass is 19.4. The first-order chi connectivity index (χ1) is 13.2. The van der Waals surface area contributed by atoms with Crippen LogP contribution in [-0.4, -0.2) is 33.1 Å². The van der Waals surface area contributed by atoms with Crippen molar-refractivity contribution in [3.05, 3.63) is 46.8 Å². The Morgan fingerprint density at radius 3 is 2.31 bits per heavy atom. The van der Waals surface area contributed by atoms with Crippen molar-refractivity contribution in [3.8, 4) is 5.75 Å². The minimum absolute atomic E-state index is 0.0333. The fourth-order valence-corrected chi connectivity index (χ4v) is 2.85. The van der Waals surface area contributed by atoms with Crippen LogP contribution >= 0.6 is 0 Å². The van der Waals surface area contributed by atoms with Crippen LogP contribution in [0, 0.1) is 6.92 Å². The molecule has 0 aliphatic rings. The predicted octanol–water partition coefficient (Wildman–Crippen LogP) is 3.93. The zero-order valence-corrected chi connectivity index (χ0v) is 17.1. The molecule has 158 valence electrons. The predicted molar refractivity (Wildman–Crippen MR) is 101 cm³/mol. The third-order valence-corrected chi connectivity index (χ3v) is 4.15. The number of rotatable bonds is 6. The van der Waals surface area contributed by atoms with Gasteiger partial charge in [0.1, 0.15) is 5.75 Å². The van der Waals surface area contributed by atoms with Gasteiger partial charge in [0, 0.05) is 18.8 Å². The lowest BCUT2D eigenvalue weighted by atomic mass is 9.90. The number of aryl methyl sites for hydroxylation is 2. The van der Waals surface area contributed by atoms with Gasteiger partial charge in [-0.05, 0) is 58.4 Å². The molecule has 0 saturated heterocycles. The fourth-order valence-electron chi connectivity index (χ4n) is 2.85. The standard InChI is InChI=1S/C20H24F3N3O3/c1-11(2)29-13-7-8-14(12(3)9-13)17(27)19(4,5)24-18(28)15-10-26(6)25-16(15)20(21,22)23/h7-11H,1-6H3,(H,24,28). The first kappa shape index (κ1) is 22.4. The molecule has 0 aliphatic heterocycles. The zero-order chi connectivity index (χ0) is 22.1. The van der Waals surface area contributed by atoms with Crippen LogP contribution in [0.5, 0.6) is 5.75 Å². The summed E-state index contributed by atoms with van der Waals surface area (Å²) in [6, 6.07) is 4.92. The highest BCUT2D eigenvalue weighted by Gasteiger charge is 2.40. The number of ketones is 1. The molecule has 9 heteroatoms. The number of carbonyl (C=O) groups is 2. The number of ether oxygens (including phenoxy) is 1. The molecule has 0 unspecified atom stereocenters. The molecule has 29 heavy (non-hydrogen) atoms. The molecule has 1 amide bonds. The van der Waals surface area contributed by atoms with Crippen LogP contribution in [0.2, 0.25) is 0 Å². The van der Waals surface area contributed by atoms with E-state index in [0.29, 0.717) is 16.9 Å². The summed E-state index contributed by atoms with van der Waals surface area (Å²) in [5, 5.41) is 5.71. The Hall–Kier alpha value is -2.84. The average Bonchev–Trinajstić information content (AvgIpc) is 2.96. The topological polar surface area (TPSA) is 73.2 Å². The lowest BCUT2D eigenvalue weighted by Crippen LogP contribution is -2.50. The van der Waals surface area contributed by atoms with E-state index >= 15 is 0 Å². The van der Waals surface area contributed by atoms with Gasteiger partial charge in [0.15, 0.2) is 11.5 Å². The number of nitrogens with zero attached hydrogens (tertiary/aromatic N) is 2. The van der Waals surface area contributed by atoms with Gasteiger partial charge >= 0.3 is 6.18 Å². The molecule has 0 saturated carbocycles. The van der Waals surface area contributed by atoms with Crippen LogP contribution in [-0.2, 0) is 13.2 Å². The molecule has 1 N–H and O–H groups in total. The molecular formula is C20H24F3N3O3. The smallest absolute Gasteiger partial charge is 0.435 e. The van der Waals surface area contributed by atoms with Crippen molar-refractivity contribution in [2.24, 2.45) is 7.05 Å². The summed E-state index contributed by atoms with van der Waals surface area (Å²) in [5.74, 6) is -0.862. The lowest BCUT2D eigenvalue weighted by Gasteiger charge is -2.26. The first-order valence-corrected chi connectivity index (χ1v) is 8.98. The number of aromatic nitrogens is 2. The van der Waals surface area contributed by atoms with Gasteiger partial charge < -0.3 is 10.1 Å². The molecule has 6 nitrogen and oxygen atoms in total. The number of halogens is 3. The van der Waals surface area contributed by atoms with Crippen molar-refractivity contribution in [2.75, 3.05) is 0 Å². The third-order valence-electron chi connectivity index (χ3n) is 4.15. The highest BCUT2D eigenvalue weighted by molar-refractivity contribution is 6.07. The summed E-state index contributed by atoms with van der Waals surface area (Å²) in [5.41, 5.74) is -2.41. The van der Waals surface area contributed by atoms with Crippen LogP contribution in [0.25, 0.3) is 0 Å². The van der Waals surface area contributed by atoms with Gasteiger partial charge in [0.2, 0.25) is 0 Å². The monoisotopic (exact) mass is 411 g/mol. The maximum atomic E-state index is 13.1. The molecule has 1 heterocycles. The van der Waals surface area contributed by atoms with Gasteiger partial charge in [-0.3, -0.25) is 14.3 Å². The number of amides is 1. The van der Waals surface area contributed by atoms with Gasteiger partial charge in [-0.25, -0.2) is 0 Å². The number of hydrogen-bond acceptors (Lipinski definition) is 4. The molecular weight excluding hydrogens is 387 g/mol. The largest absolute Gasteiger partial charge is 0.491 e. The zero-order valence-electron chi connectivity index (χ0n) is 17.1. The van der Waals surface area contributed by atoms with Gasteiger partial charge in [0.05, 0.1) is 17.2 Å². The quantitative estimate of drug-likeness (QED) is 0.731. The summed E-state index contributed by atoms with van der Waals surface area (Å²) in [7, 11) is 1.28. The Bertz CT molecular complexity index is 931. The van der Waals surface area contributed by atoms with E-state index in [4.69, 9.17) is 4.74 Å². The highest BCUT2D eigenvalue weighted by Crippen LogP contribution is 2.31. The fraction of sp³-hybridized carbons (Fsp3) is 0.450. The second kappa shape index (κ2) is 7.88. The minimum atomic E-state index is -4.79. The Balaban J connectivity index is 2.27. The van der Waals surface area contributed by atoms with E-state index in [1.54, 1.807) is 25.1 Å². The Morgan fingerprint density at radius 1 is 1.17 bits per heavy atom. The van der Waals surface area contributed by atoms with Crippen LogP contribution in [0.1, 0.15) is 59.7 Å². The van der Waals surface area contributed by atoms with Crippen LogP contribution < -0.4 is 10.1 Å². The molecule has 2 aromatic rings. The Morgan fingerprint density at radius 2 is 1.79 bits per heavy atom. The van der Waals surface area contributed by atoms with Crippen molar-refractivity contribution in [1.82, 2.24) is 15.1 Å². The second-order valence-corrected chi connectivity index (χ2v) is 7.61. The van der Waals surface area contributed by atoms with Crippen molar-refractivity contribution in [2.45, 2.75) is 52.4 Å². The normalized spacial score (nSPS) is 12.2. The average molecular weight is 411 g/mol. The number of Topliss-reactive ketones (excluding diaryl/α,β-unsaturated/α-hetero) is 1. The summed E-state index contributed by atoms with van der Waals surface area (Å²) in [6.45, 7) is 8.35. The van der Waals surface area contributed by atoms with E-state index in [1.807, 2.05) is 13.8 Å². The van der Waals surface area contributed by atoms with Gasteiger partial charge in [0.25, 0.3) is 5.91 Å². The number of alkyl halides is 3. The van der Waals surface area contributed by atoms with Crippen molar-refractivity contribution in [1.29, 1.82) is 0 Å². The molecule has 1 aromatic heterocycles. The summed E-state index contributed by atoms with van der Waals surface area (Å²) in [4.78, 5) is 25.5. The molecule has 0 fully saturated rings. The van der Waals surface area contributed by atoms with Crippen molar-refractivity contribution in [3.63, 3.8) is 0 Å².